The van der Waals surface area contributed by atoms with E-state index in [-0.39, 0.29) is 12.5 Å². The zero-order valence-corrected chi connectivity index (χ0v) is 13.0. The van der Waals surface area contributed by atoms with Gasteiger partial charge in [-0.05, 0) is 37.3 Å². The molecule has 1 aromatic carbocycles. The molecular formula is C15H15BrN2O3. The molecule has 6 heteroatoms. The van der Waals surface area contributed by atoms with Crippen molar-refractivity contribution in [2.75, 3.05) is 6.54 Å². The van der Waals surface area contributed by atoms with Crippen LogP contribution in [-0.2, 0) is 0 Å². The van der Waals surface area contributed by atoms with E-state index in [0.29, 0.717) is 17.2 Å². The summed E-state index contributed by atoms with van der Waals surface area (Å²) in [6.07, 6.45) is 0.855. The molecule has 0 radical (unpaired) electrons. The molecule has 5 nitrogen and oxygen atoms in total. The number of carbonyl (C=O) groups is 1. The summed E-state index contributed by atoms with van der Waals surface area (Å²) >= 11 is 3.35. The maximum absolute atomic E-state index is 11.7. The van der Waals surface area contributed by atoms with E-state index in [4.69, 9.17) is 9.84 Å². The zero-order valence-electron chi connectivity index (χ0n) is 11.4. The van der Waals surface area contributed by atoms with Crippen LogP contribution in [0, 0.1) is 0 Å². The first kappa shape index (κ1) is 15.5. The zero-order chi connectivity index (χ0) is 15.2. The van der Waals surface area contributed by atoms with Crippen molar-refractivity contribution >= 4 is 21.8 Å². The van der Waals surface area contributed by atoms with Crippen LogP contribution in [0.5, 0.6) is 11.6 Å². The van der Waals surface area contributed by atoms with E-state index in [1.165, 1.54) is 6.20 Å². The number of aromatic nitrogens is 1. The van der Waals surface area contributed by atoms with Crippen LogP contribution >= 0.6 is 15.9 Å². The van der Waals surface area contributed by atoms with Crippen molar-refractivity contribution in [2.45, 2.75) is 13.0 Å². The van der Waals surface area contributed by atoms with Gasteiger partial charge in [0, 0.05) is 23.3 Å². The number of nitrogens with zero attached hydrogens (tertiary/aromatic N) is 1. The van der Waals surface area contributed by atoms with Gasteiger partial charge in [0.05, 0.1) is 11.7 Å². The predicted molar refractivity (Wildman–Crippen MR) is 82.5 cm³/mol. The second-order valence-corrected chi connectivity index (χ2v) is 5.42. The standard InChI is InChI=1S/C15H15BrN2O3/c1-10(19)8-18-15(20)11-2-7-14(17-9-11)21-13-5-3-12(16)4-6-13/h2-7,9-10,19H,8H2,1H3,(H,18,20). The molecule has 0 aliphatic rings. The molecule has 21 heavy (non-hydrogen) atoms. The van der Waals surface area contributed by atoms with Crippen LogP contribution in [0.1, 0.15) is 17.3 Å². The number of aliphatic hydroxyl groups excluding tert-OH is 1. The van der Waals surface area contributed by atoms with E-state index >= 15 is 0 Å². The van der Waals surface area contributed by atoms with Gasteiger partial charge in [-0.15, -0.1) is 0 Å². The van der Waals surface area contributed by atoms with Gasteiger partial charge in [0.2, 0.25) is 5.88 Å². The molecule has 0 saturated carbocycles. The van der Waals surface area contributed by atoms with Crippen molar-refractivity contribution in [1.29, 1.82) is 0 Å². The monoisotopic (exact) mass is 350 g/mol. The smallest absolute Gasteiger partial charge is 0.252 e. The van der Waals surface area contributed by atoms with Crippen molar-refractivity contribution in [3.05, 3.63) is 52.6 Å². The van der Waals surface area contributed by atoms with Crippen molar-refractivity contribution in [2.24, 2.45) is 0 Å². The molecule has 0 aliphatic carbocycles. The summed E-state index contributed by atoms with van der Waals surface area (Å²) in [7, 11) is 0. The van der Waals surface area contributed by atoms with E-state index in [1.54, 1.807) is 19.1 Å². The average molecular weight is 351 g/mol. The molecule has 110 valence electrons. The summed E-state index contributed by atoms with van der Waals surface area (Å²) < 4.78 is 6.53. The molecule has 1 heterocycles. The van der Waals surface area contributed by atoms with Crippen LogP contribution in [-0.4, -0.2) is 28.6 Å². The third-order valence-corrected chi connectivity index (χ3v) is 3.12. The largest absolute Gasteiger partial charge is 0.439 e. The van der Waals surface area contributed by atoms with E-state index in [9.17, 15) is 4.79 Å². The number of halogens is 1. The SMILES string of the molecule is CC(O)CNC(=O)c1ccc(Oc2ccc(Br)cc2)nc1. The minimum atomic E-state index is -0.582. The second kappa shape index (κ2) is 7.19. The molecule has 0 spiro atoms. The van der Waals surface area contributed by atoms with E-state index in [2.05, 4.69) is 26.2 Å². The molecule has 0 saturated heterocycles. The number of hydrogen-bond donors (Lipinski definition) is 2. The van der Waals surface area contributed by atoms with Gasteiger partial charge in [0.25, 0.3) is 5.91 Å². The lowest BCUT2D eigenvalue weighted by molar-refractivity contribution is 0.0923. The number of aliphatic hydroxyl groups is 1. The van der Waals surface area contributed by atoms with Gasteiger partial charge >= 0.3 is 0 Å². The quantitative estimate of drug-likeness (QED) is 0.869. The molecule has 1 aromatic heterocycles. The van der Waals surface area contributed by atoms with E-state index in [0.717, 1.165) is 4.47 Å². The fraction of sp³-hybridized carbons (Fsp3) is 0.200. The Kier molecular flexibility index (Phi) is 5.30. The van der Waals surface area contributed by atoms with Crippen LogP contribution in [0.15, 0.2) is 47.1 Å². The highest BCUT2D eigenvalue weighted by molar-refractivity contribution is 9.10. The Morgan fingerprint density at radius 2 is 2.05 bits per heavy atom. The predicted octanol–water partition coefficient (Wildman–Crippen LogP) is 2.75. The lowest BCUT2D eigenvalue weighted by Crippen LogP contribution is -2.30. The second-order valence-electron chi connectivity index (χ2n) is 4.50. The third-order valence-electron chi connectivity index (χ3n) is 2.59. The number of carbonyl (C=O) groups excluding carboxylic acids is 1. The van der Waals surface area contributed by atoms with Crippen LogP contribution < -0.4 is 10.1 Å². The number of nitrogens with one attached hydrogen (secondary N) is 1. The fourth-order valence-corrected chi connectivity index (χ4v) is 1.81. The van der Waals surface area contributed by atoms with Gasteiger partial charge in [0.15, 0.2) is 0 Å². The molecule has 1 atom stereocenters. The summed E-state index contributed by atoms with van der Waals surface area (Å²) in [5.41, 5.74) is 0.416. The van der Waals surface area contributed by atoms with E-state index in [1.807, 2.05) is 24.3 Å². The first-order valence-electron chi connectivity index (χ1n) is 6.40. The Morgan fingerprint density at radius 1 is 1.33 bits per heavy atom. The average Bonchev–Trinajstić information content (AvgIpc) is 2.48. The van der Waals surface area contributed by atoms with Crippen LogP contribution in [0.2, 0.25) is 0 Å². The fourth-order valence-electron chi connectivity index (χ4n) is 1.54. The van der Waals surface area contributed by atoms with Crippen LogP contribution in [0.3, 0.4) is 0 Å². The van der Waals surface area contributed by atoms with Crippen molar-refractivity contribution in [3.63, 3.8) is 0 Å². The van der Waals surface area contributed by atoms with E-state index < -0.39 is 6.10 Å². The number of benzene rings is 1. The minimum absolute atomic E-state index is 0.204. The molecule has 2 aromatic rings. The highest BCUT2D eigenvalue weighted by atomic mass is 79.9. The molecule has 2 N–H and O–H groups in total. The molecule has 0 aliphatic heterocycles. The Hall–Kier alpha value is -1.92. The lowest BCUT2D eigenvalue weighted by atomic mass is 10.2. The Bertz CT molecular complexity index is 597. The number of ether oxygens (including phenoxy) is 1. The highest BCUT2D eigenvalue weighted by Gasteiger charge is 2.07. The van der Waals surface area contributed by atoms with Crippen molar-refractivity contribution in [3.8, 4) is 11.6 Å². The van der Waals surface area contributed by atoms with Crippen LogP contribution in [0.25, 0.3) is 0 Å². The maximum atomic E-state index is 11.7. The summed E-state index contributed by atoms with van der Waals surface area (Å²) in [5.74, 6) is 0.792. The normalized spacial score (nSPS) is 11.8. The summed E-state index contributed by atoms with van der Waals surface area (Å²) in [5, 5.41) is 11.7. The Balaban J connectivity index is 1.98. The molecule has 1 unspecified atom stereocenters. The number of pyridine rings is 1. The Labute approximate surface area is 131 Å². The van der Waals surface area contributed by atoms with Gasteiger partial charge in [0.1, 0.15) is 5.75 Å². The Morgan fingerprint density at radius 3 is 2.62 bits per heavy atom. The first-order chi connectivity index (χ1) is 10.0. The van der Waals surface area contributed by atoms with Gasteiger partial charge in [-0.3, -0.25) is 4.79 Å². The van der Waals surface area contributed by atoms with Crippen molar-refractivity contribution < 1.29 is 14.6 Å². The van der Waals surface area contributed by atoms with Crippen molar-refractivity contribution in [1.82, 2.24) is 10.3 Å². The molecule has 2 rings (SSSR count). The summed E-state index contributed by atoms with van der Waals surface area (Å²) in [6.45, 7) is 1.81. The molecular weight excluding hydrogens is 336 g/mol. The lowest BCUT2D eigenvalue weighted by Gasteiger charge is -2.08. The number of amides is 1. The van der Waals surface area contributed by atoms with Gasteiger partial charge < -0.3 is 15.2 Å². The minimum Gasteiger partial charge on any atom is -0.439 e. The topological polar surface area (TPSA) is 71.5 Å². The number of rotatable bonds is 5. The molecule has 0 bridgehead atoms. The first-order valence-corrected chi connectivity index (χ1v) is 7.19. The molecule has 0 fully saturated rings. The van der Waals surface area contributed by atoms with Gasteiger partial charge in [-0.25, -0.2) is 4.98 Å². The highest BCUT2D eigenvalue weighted by Crippen LogP contribution is 2.21. The summed E-state index contributed by atoms with van der Waals surface area (Å²) in [4.78, 5) is 15.8. The van der Waals surface area contributed by atoms with Gasteiger partial charge in [-0.1, -0.05) is 15.9 Å². The third kappa shape index (κ3) is 4.84. The van der Waals surface area contributed by atoms with Crippen LogP contribution in [0.4, 0.5) is 0 Å². The van der Waals surface area contributed by atoms with Gasteiger partial charge in [-0.2, -0.15) is 0 Å². The summed E-state index contributed by atoms with van der Waals surface area (Å²) in [6, 6.07) is 10.6. The molecule has 1 amide bonds. The maximum Gasteiger partial charge on any atom is 0.252 e. The number of hydrogen-bond acceptors (Lipinski definition) is 4.